The molecule has 1 aromatic rings. The van der Waals surface area contributed by atoms with Crippen LogP contribution in [0.3, 0.4) is 0 Å². The lowest BCUT2D eigenvalue weighted by Crippen LogP contribution is -2.24. The van der Waals surface area contributed by atoms with E-state index < -0.39 is 10.0 Å². The summed E-state index contributed by atoms with van der Waals surface area (Å²) in [5.41, 5.74) is 0.725. The highest BCUT2D eigenvalue weighted by atomic mass is 32.2. The fourth-order valence-electron chi connectivity index (χ4n) is 1.58. The van der Waals surface area contributed by atoms with Gasteiger partial charge >= 0.3 is 0 Å². The number of rotatable bonds is 6. The van der Waals surface area contributed by atoms with Gasteiger partial charge in [-0.3, -0.25) is 0 Å². The lowest BCUT2D eigenvalue weighted by molar-refractivity contribution is 0.446. The largest absolute Gasteiger partial charge is 0.508 e. The maximum Gasteiger partial charge on any atom is 0.209 e. The molecule has 0 radical (unpaired) electrons. The molecular formula is C11H18N2O4S. The maximum atomic E-state index is 10.7. The zero-order valence-corrected chi connectivity index (χ0v) is 10.9. The second-order valence-corrected chi connectivity index (χ2v) is 5.91. The van der Waals surface area contributed by atoms with E-state index in [-0.39, 0.29) is 23.3 Å². The number of primary sulfonamides is 1. The van der Waals surface area contributed by atoms with Gasteiger partial charge in [0.1, 0.15) is 11.5 Å². The van der Waals surface area contributed by atoms with Crippen LogP contribution in [0.25, 0.3) is 0 Å². The third-order valence-electron chi connectivity index (χ3n) is 2.48. The number of phenols is 2. The Kier molecular flexibility index (Phi) is 4.94. The molecule has 0 aliphatic rings. The molecule has 5 N–H and O–H groups in total. The molecule has 0 aromatic heterocycles. The fourth-order valence-corrected chi connectivity index (χ4v) is 2.12. The molecule has 0 heterocycles. The first-order valence-electron chi connectivity index (χ1n) is 5.55. The third kappa shape index (κ3) is 5.35. The Labute approximate surface area is 106 Å². The van der Waals surface area contributed by atoms with Gasteiger partial charge in [0, 0.05) is 12.1 Å². The fraction of sp³-hybridized carbons (Fsp3) is 0.455. The summed E-state index contributed by atoms with van der Waals surface area (Å²) in [6, 6.07) is 4.22. The average molecular weight is 274 g/mol. The molecule has 7 heteroatoms. The van der Waals surface area contributed by atoms with Crippen molar-refractivity contribution >= 4 is 10.0 Å². The summed E-state index contributed by atoms with van der Waals surface area (Å²) in [7, 11) is -3.42. The van der Waals surface area contributed by atoms with Gasteiger partial charge in [-0.05, 0) is 37.6 Å². The summed E-state index contributed by atoms with van der Waals surface area (Å²) in [4.78, 5) is 0. The van der Waals surface area contributed by atoms with Crippen LogP contribution >= 0.6 is 0 Å². The molecule has 6 nitrogen and oxygen atoms in total. The van der Waals surface area contributed by atoms with Crippen LogP contribution in [0.2, 0.25) is 0 Å². The number of hydrogen-bond donors (Lipinski definition) is 4. The van der Waals surface area contributed by atoms with Crippen molar-refractivity contribution in [3.8, 4) is 11.5 Å². The minimum atomic E-state index is -3.42. The SMILES string of the molecule is CC(NCCCS(N)(=O)=O)c1cc(O)cc(O)c1. The number of phenolic OH excluding ortho intramolecular Hbond substituents is 2. The van der Waals surface area contributed by atoms with Crippen LogP contribution in [0.15, 0.2) is 18.2 Å². The highest BCUT2D eigenvalue weighted by molar-refractivity contribution is 7.89. The van der Waals surface area contributed by atoms with Gasteiger partial charge in [-0.1, -0.05) is 0 Å². The minimum Gasteiger partial charge on any atom is -0.508 e. The Hall–Kier alpha value is -1.31. The minimum absolute atomic E-state index is 0.0109. The van der Waals surface area contributed by atoms with Crippen molar-refractivity contribution in [1.82, 2.24) is 5.32 Å². The van der Waals surface area contributed by atoms with Crippen molar-refractivity contribution in [3.05, 3.63) is 23.8 Å². The number of aromatic hydroxyl groups is 2. The van der Waals surface area contributed by atoms with Crippen LogP contribution in [0.4, 0.5) is 0 Å². The molecule has 1 atom stereocenters. The second-order valence-electron chi connectivity index (χ2n) is 4.18. The molecule has 0 aliphatic carbocycles. The molecule has 0 saturated carbocycles. The molecule has 0 aliphatic heterocycles. The Balaban J connectivity index is 2.48. The van der Waals surface area contributed by atoms with Gasteiger partial charge in [0.25, 0.3) is 0 Å². The molecule has 1 aromatic carbocycles. The lowest BCUT2D eigenvalue weighted by atomic mass is 10.1. The van der Waals surface area contributed by atoms with E-state index in [2.05, 4.69) is 5.32 Å². The van der Waals surface area contributed by atoms with Crippen LogP contribution in [0, 0.1) is 0 Å². The monoisotopic (exact) mass is 274 g/mol. The quantitative estimate of drug-likeness (QED) is 0.562. The second kappa shape index (κ2) is 6.03. The zero-order chi connectivity index (χ0) is 13.8. The predicted octanol–water partition coefficient (Wildman–Crippen LogP) is 0.427. The van der Waals surface area contributed by atoms with Crippen molar-refractivity contribution in [2.24, 2.45) is 5.14 Å². The van der Waals surface area contributed by atoms with Crippen LogP contribution < -0.4 is 10.5 Å². The molecule has 102 valence electrons. The molecule has 0 amide bonds. The molecule has 0 bridgehead atoms. The summed E-state index contributed by atoms with van der Waals surface area (Å²) in [5, 5.41) is 26.6. The van der Waals surface area contributed by atoms with Gasteiger partial charge in [-0.25, -0.2) is 13.6 Å². The van der Waals surface area contributed by atoms with Gasteiger partial charge in [-0.2, -0.15) is 0 Å². The van der Waals surface area contributed by atoms with E-state index >= 15 is 0 Å². The summed E-state index contributed by atoms with van der Waals surface area (Å²) < 4.78 is 21.4. The molecule has 0 spiro atoms. The van der Waals surface area contributed by atoms with Crippen LogP contribution in [-0.2, 0) is 10.0 Å². The first-order valence-corrected chi connectivity index (χ1v) is 7.26. The van der Waals surface area contributed by atoms with E-state index in [1.807, 2.05) is 6.92 Å². The lowest BCUT2D eigenvalue weighted by Gasteiger charge is -2.14. The Morgan fingerprint density at radius 2 is 1.83 bits per heavy atom. The molecule has 1 unspecified atom stereocenters. The summed E-state index contributed by atoms with van der Waals surface area (Å²) >= 11 is 0. The first-order chi connectivity index (χ1) is 8.28. The predicted molar refractivity (Wildman–Crippen MR) is 68.8 cm³/mol. The standard InChI is InChI=1S/C11H18N2O4S/c1-8(13-3-2-4-18(12,16)17)9-5-10(14)7-11(15)6-9/h5-8,13-15H,2-4H2,1H3,(H2,12,16,17). The Morgan fingerprint density at radius 1 is 1.28 bits per heavy atom. The molecule has 1 rings (SSSR count). The smallest absolute Gasteiger partial charge is 0.209 e. The molecule has 0 fully saturated rings. The number of nitrogens with two attached hydrogens (primary N) is 1. The van der Waals surface area contributed by atoms with Gasteiger partial charge in [0.05, 0.1) is 5.75 Å². The number of nitrogens with one attached hydrogen (secondary N) is 1. The van der Waals surface area contributed by atoms with Gasteiger partial charge in [-0.15, -0.1) is 0 Å². The van der Waals surface area contributed by atoms with Gasteiger partial charge in [0.2, 0.25) is 10.0 Å². The highest BCUT2D eigenvalue weighted by Gasteiger charge is 2.08. The number of benzene rings is 1. The van der Waals surface area contributed by atoms with E-state index in [0.717, 1.165) is 5.56 Å². The topological polar surface area (TPSA) is 113 Å². The third-order valence-corrected chi connectivity index (χ3v) is 3.34. The van der Waals surface area contributed by atoms with E-state index in [0.29, 0.717) is 13.0 Å². The van der Waals surface area contributed by atoms with E-state index in [1.165, 1.54) is 18.2 Å². The summed E-state index contributed by atoms with van der Waals surface area (Å²) in [5.74, 6) is -0.0933. The van der Waals surface area contributed by atoms with Gasteiger partial charge < -0.3 is 15.5 Å². The summed E-state index contributed by atoms with van der Waals surface area (Å²) in [6.07, 6.45) is 0.411. The summed E-state index contributed by atoms with van der Waals surface area (Å²) in [6.45, 7) is 2.33. The molecule has 0 saturated heterocycles. The van der Waals surface area contributed by atoms with E-state index in [1.54, 1.807) is 0 Å². The van der Waals surface area contributed by atoms with Crippen molar-refractivity contribution in [2.75, 3.05) is 12.3 Å². The highest BCUT2D eigenvalue weighted by Crippen LogP contribution is 2.24. The normalized spacial score (nSPS) is 13.4. The van der Waals surface area contributed by atoms with E-state index in [4.69, 9.17) is 5.14 Å². The average Bonchev–Trinajstić information content (AvgIpc) is 2.21. The van der Waals surface area contributed by atoms with Crippen LogP contribution in [0.5, 0.6) is 11.5 Å². The first kappa shape index (κ1) is 14.7. The van der Waals surface area contributed by atoms with E-state index in [9.17, 15) is 18.6 Å². The molecular weight excluding hydrogens is 256 g/mol. The maximum absolute atomic E-state index is 10.7. The Morgan fingerprint density at radius 3 is 2.33 bits per heavy atom. The van der Waals surface area contributed by atoms with Crippen molar-refractivity contribution in [2.45, 2.75) is 19.4 Å². The van der Waals surface area contributed by atoms with Crippen molar-refractivity contribution in [1.29, 1.82) is 0 Å². The van der Waals surface area contributed by atoms with Crippen molar-refractivity contribution < 1.29 is 18.6 Å². The van der Waals surface area contributed by atoms with Gasteiger partial charge in [0.15, 0.2) is 0 Å². The zero-order valence-electron chi connectivity index (χ0n) is 10.1. The van der Waals surface area contributed by atoms with Crippen molar-refractivity contribution in [3.63, 3.8) is 0 Å². The molecule has 18 heavy (non-hydrogen) atoms. The number of sulfonamides is 1. The number of hydrogen-bond acceptors (Lipinski definition) is 5. The van der Waals surface area contributed by atoms with Crippen LogP contribution in [0.1, 0.15) is 24.9 Å². The van der Waals surface area contributed by atoms with Crippen LogP contribution in [-0.4, -0.2) is 30.9 Å². The Bertz CT molecular complexity index is 482.